The summed E-state index contributed by atoms with van der Waals surface area (Å²) in [6.07, 6.45) is 0. The molecular formula is C15H12FNO2S. The number of rotatable bonds is 3. The molecule has 0 amide bonds. The van der Waals surface area contributed by atoms with Crippen molar-refractivity contribution in [1.82, 2.24) is 0 Å². The highest BCUT2D eigenvalue weighted by atomic mass is 32.2. The fourth-order valence-electron chi connectivity index (χ4n) is 1.86. The minimum atomic E-state index is -3.51. The molecule has 2 rings (SSSR count). The van der Waals surface area contributed by atoms with Crippen molar-refractivity contribution in [1.29, 1.82) is 5.26 Å². The maximum absolute atomic E-state index is 13.2. The Kier molecular flexibility index (Phi) is 3.86. The van der Waals surface area contributed by atoms with E-state index >= 15 is 0 Å². The van der Waals surface area contributed by atoms with Crippen molar-refractivity contribution >= 4 is 9.84 Å². The van der Waals surface area contributed by atoms with Crippen LogP contribution >= 0.6 is 0 Å². The zero-order chi connectivity index (χ0) is 14.8. The molecule has 0 radical (unpaired) electrons. The van der Waals surface area contributed by atoms with Crippen LogP contribution in [0.15, 0.2) is 47.4 Å². The summed E-state index contributed by atoms with van der Waals surface area (Å²) in [5.41, 5.74) is 1.09. The summed E-state index contributed by atoms with van der Waals surface area (Å²) in [6.45, 7) is 1.81. The van der Waals surface area contributed by atoms with E-state index in [9.17, 15) is 12.8 Å². The lowest BCUT2D eigenvalue weighted by Gasteiger charge is -2.06. The number of aryl methyl sites for hydroxylation is 1. The number of hydrogen-bond acceptors (Lipinski definition) is 3. The molecule has 0 heterocycles. The van der Waals surface area contributed by atoms with Crippen molar-refractivity contribution in [2.45, 2.75) is 17.6 Å². The summed E-state index contributed by atoms with van der Waals surface area (Å²) in [4.78, 5) is 0.223. The molecule has 0 aliphatic rings. The van der Waals surface area contributed by atoms with Crippen LogP contribution in [0, 0.1) is 24.1 Å². The molecule has 20 heavy (non-hydrogen) atoms. The normalized spacial score (nSPS) is 11.1. The third-order valence-electron chi connectivity index (χ3n) is 2.86. The van der Waals surface area contributed by atoms with E-state index in [2.05, 4.69) is 0 Å². The highest BCUT2D eigenvalue weighted by Crippen LogP contribution is 2.19. The molecule has 0 saturated heterocycles. The number of benzene rings is 2. The Balaban J connectivity index is 2.36. The van der Waals surface area contributed by atoms with Gasteiger partial charge in [0, 0.05) is 0 Å². The van der Waals surface area contributed by atoms with Crippen molar-refractivity contribution in [3.63, 3.8) is 0 Å². The number of hydrogen-bond donors (Lipinski definition) is 0. The second kappa shape index (κ2) is 5.43. The SMILES string of the molecule is Cc1cccc(S(=O)(=O)Cc2ccc(F)c(C#N)c2)c1. The van der Waals surface area contributed by atoms with Crippen LogP contribution < -0.4 is 0 Å². The van der Waals surface area contributed by atoms with Gasteiger partial charge in [-0.1, -0.05) is 18.2 Å². The first kappa shape index (κ1) is 14.2. The molecule has 0 aliphatic heterocycles. The molecule has 0 bridgehead atoms. The van der Waals surface area contributed by atoms with Gasteiger partial charge in [-0.25, -0.2) is 12.8 Å². The highest BCUT2D eigenvalue weighted by Gasteiger charge is 2.16. The standard InChI is InChI=1S/C15H12FNO2S/c1-11-3-2-4-14(7-11)20(18,19)10-12-5-6-15(16)13(8-12)9-17/h2-8H,10H2,1H3. The van der Waals surface area contributed by atoms with Crippen molar-refractivity contribution in [3.05, 3.63) is 65.0 Å². The van der Waals surface area contributed by atoms with Crippen molar-refractivity contribution < 1.29 is 12.8 Å². The van der Waals surface area contributed by atoms with Gasteiger partial charge >= 0.3 is 0 Å². The molecule has 0 spiro atoms. The summed E-state index contributed by atoms with van der Waals surface area (Å²) >= 11 is 0. The molecule has 0 unspecified atom stereocenters. The first-order valence-electron chi connectivity index (χ1n) is 5.90. The van der Waals surface area contributed by atoms with Gasteiger partial charge in [0.15, 0.2) is 9.84 Å². The van der Waals surface area contributed by atoms with Gasteiger partial charge in [0.1, 0.15) is 11.9 Å². The van der Waals surface area contributed by atoms with Gasteiger partial charge in [0.2, 0.25) is 0 Å². The van der Waals surface area contributed by atoms with Gasteiger partial charge < -0.3 is 0 Å². The second-order valence-electron chi connectivity index (χ2n) is 4.50. The van der Waals surface area contributed by atoms with Crippen LogP contribution in [-0.4, -0.2) is 8.42 Å². The molecule has 2 aromatic rings. The van der Waals surface area contributed by atoms with Gasteiger partial charge in [-0.3, -0.25) is 0 Å². The number of nitriles is 1. The Morgan fingerprint density at radius 3 is 2.60 bits per heavy atom. The maximum atomic E-state index is 13.2. The molecular weight excluding hydrogens is 277 g/mol. The Morgan fingerprint density at radius 2 is 1.95 bits per heavy atom. The van der Waals surface area contributed by atoms with Crippen molar-refractivity contribution in [2.75, 3.05) is 0 Å². The lowest BCUT2D eigenvalue weighted by Crippen LogP contribution is -2.05. The molecule has 0 N–H and O–H groups in total. The Bertz CT molecular complexity index is 792. The fraction of sp³-hybridized carbons (Fsp3) is 0.133. The summed E-state index contributed by atoms with van der Waals surface area (Å²) in [5, 5.41) is 8.76. The van der Waals surface area contributed by atoms with E-state index in [0.717, 1.165) is 11.6 Å². The molecule has 0 saturated carbocycles. The first-order valence-corrected chi connectivity index (χ1v) is 7.55. The maximum Gasteiger partial charge on any atom is 0.182 e. The van der Waals surface area contributed by atoms with E-state index in [4.69, 9.17) is 5.26 Å². The van der Waals surface area contributed by atoms with Crippen molar-refractivity contribution in [3.8, 4) is 6.07 Å². The number of nitrogens with zero attached hydrogens (tertiary/aromatic N) is 1. The van der Waals surface area contributed by atoms with E-state index in [1.807, 2.05) is 13.0 Å². The van der Waals surface area contributed by atoms with Gasteiger partial charge in [0.05, 0.1) is 16.2 Å². The Hall–Kier alpha value is -2.19. The monoisotopic (exact) mass is 289 g/mol. The summed E-state index contributed by atoms with van der Waals surface area (Å²) in [6, 6.07) is 12.1. The van der Waals surface area contributed by atoms with E-state index < -0.39 is 15.7 Å². The Labute approximate surface area is 117 Å². The third-order valence-corrected chi connectivity index (χ3v) is 4.54. The predicted octanol–water partition coefficient (Wildman–Crippen LogP) is 2.98. The van der Waals surface area contributed by atoms with Crippen LogP contribution in [0.5, 0.6) is 0 Å². The smallest absolute Gasteiger partial charge is 0.182 e. The van der Waals surface area contributed by atoms with Crippen LogP contribution in [-0.2, 0) is 15.6 Å². The van der Waals surface area contributed by atoms with E-state index in [1.165, 1.54) is 18.2 Å². The highest BCUT2D eigenvalue weighted by molar-refractivity contribution is 7.90. The zero-order valence-electron chi connectivity index (χ0n) is 10.8. The lowest BCUT2D eigenvalue weighted by molar-refractivity contribution is 0.594. The van der Waals surface area contributed by atoms with Crippen LogP contribution in [0.3, 0.4) is 0 Å². The van der Waals surface area contributed by atoms with Gasteiger partial charge in [0.25, 0.3) is 0 Å². The van der Waals surface area contributed by atoms with Crippen LogP contribution in [0.4, 0.5) is 4.39 Å². The zero-order valence-corrected chi connectivity index (χ0v) is 11.6. The van der Waals surface area contributed by atoms with Crippen LogP contribution in [0.25, 0.3) is 0 Å². The molecule has 0 aliphatic carbocycles. The summed E-state index contributed by atoms with van der Waals surface area (Å²) in [7, 11) is -3.51. The minimum absolute atomic E-state index is 0.151. The molecule has 0 fully saturated rings. The van der Waals surface area contributed by atoms with Gasteiger partial charge in [-0.05, 0) is 42.3 Å². The van der Waals surface area contributed by atoms with E-state index in [0.29, 0.717) is 5.56 Å². The molecule has 0 aromatic heterocycles. The third kappa shape index (κ3) is 3.03. The van der Waals surface area contributed by atoms with E-state index in [1.54, 1.807) is 18.2 Å². The molecule has 5 heteroatoms. The largest absolute Gasteiger partial charge is 0.223 e. The first-order chi connectivity index (χ1) is 9.42. The predicted molar refractivity (Wildman–Crippen MR) is 73.2 cm³/mol. The average molecular weight is 289 g/mol. The molecule has 102 valence electrons. The van der Waals surface area contributed by atoms with Crippen molar-refractivity contribution in [2.24, 2.45) is 0 Å². The summed E-state index contributed by atoms with van der Waals surface area (Å²) < 4.78 is 37.7. The van der Waals surface area contributed by atoms with Gasteiger partial charge in [-0.15, -0.1) is 0 Å². The van der Waals surface area contributed by atoms with Gasteiger partial charge in [-0.2, -0.15) is 5.26 Å². The number of halogens is 1. The van der Waals surface area contributed by atoms with Crippen LogP contribution in [0.2, 0.25) is 0 Å². The van der Waals surface area contributed by atoms with E-state index in [-0.39, 0.29) is 16.2 Å². The van der Waals surface area contributed by atoms with Crippen LogP contribution in [0.1, 0.15) is 16.7 Å². The molecule has 0 atom stereocenters. The second-order valence-corrected chi connectivity index (χ2v) is 6.49. The average Bonchev–Trinajstić information content (AvgIpc) is 2.40. The lowest BCUT2D eigenvalue weighted by atomic mass is 10.1. The quantitative estimate of drug-likeness (QED) is 0.872. The topological polar surface area (TPSA) is 57.9 Å². The molecule has 2 aromatic carbocycles. The number of sulfone groups is 1. The minimum Gasteiger partial charge on any atom is -0.223 e. The fourth-order valence-corrected chi connectivity index (χ4v) is 3.30. The molecule has 3 nitrogen and oxygen atoms in total. The Morgan fingerprint density at radius 1 is 1.20 bits per heavy atom. The summed E-state index contributed by atoms with van der Waals surface area (Å²) in [5.74, 6) is -0.907.